The molecule has 0 aliphatic heterocycles. The van der Waals surface area contributed by atoms with Gasteiger partial charge in [-0.15, -0.1) is 0 Å². The average molecular weight is 281 g/mol. The molecule has 0 bridgehead atoms. The van der Waals surface area contributed by atoms with Gasteiger partial charge in [0, 0.05) is 12.1 Å². The molecule has 20 heavy (non-hydrogen) atoms. The van der Waals surface area contributed by atoms with E-state index in [-0.39, 0.29) is 11.5 Å². The summed E-state index contributed by atoms with van der Waals surface area (Å²) in [6, 6.07) is 7.95. The molecule has 2 aromatic carbocycles. The van der Waals surface area contributed by atoms with Gasteiger partial charge in [-0.1, -0.05) is 25.1 Å². The molecule has 2 rings (SSSR count). The van der Waals surface area contributed by atoms with Crippen LogP contribution in [-0.4, -0.2) is 6.54 Å². The van der Waals surface area contributed by atoms with Gasteiger partial charge in [0.2, 0.25) is 5.82 Å². The van der Waals surface area contributed by atoms with E-state index < -0.39 is 17.5 Å². The summed E-state index contributed by atoms with van der Waals surface area (Å²) in [5, 5.41) is 3.03. The van der Waals surface area contributed by atoms with E-state index in [0.29, 0.717) is 18.7 Å². The van der Waals surface area contributed by atoms with Crippen molar-refractivity contribution in [2.24, 2.45) is 0 Å². The quantitative estimate of drug-likeness (QED) is 0.894. The van der Waals surface area contributed by atoms with Gasteiger partial charge in [0.25, 0.3) is 0 Å². The van der Waals surface area contributed by atoms with Crippen LogP contribution < -0.4 is 10.1 Å². The van der Waals surface area contributed by atoms with E-state index in [1.54, 1.807) is 6.07 Å². The fourth-order valence-electron chi connectivity index (χ4n) is 1.74. The van der Waals surface area contributed by atoms with Crippen LogP contribution in [0.3, 0.4) is 0 Å². The molecule has 2 aromatic rings. The van der Waals surface area contributed by atoms with Gasteiger partial charge < -0.3 is 10.1 Å². The summed E-state index contributed by atoms with van der Waals surface area (Å²) in [6.45, 7) is 2.98. The molecule has 0 amide bonds. The van der Waals surface area contributed by atoms with Gasteiger partial charge in [-0.25, -0.2) is 8.78 Å². The summed E-state index contributed by atoms with van der Waals surface area (Å²) in [5.74, 6) is -3.23. The van der Waals surface area contributed by atoms with Crippen molar-refractivity contribution in [1.82, 2.24) is 5.32 Å². The highest BCUT2D eigenvalue weighted by Gasteiger charge is 2.15. The molecule has 0 spiro atoms. The first-order valence-corrected chi connectivity index (χ1v) is 6.23. The number of nitrogens with one attached hydrogen (secondary N) is 1. The highest BCUT2D eigenvalue weighted by atomic mass is 19.2. The van der Waals surface area contributed by atoms with E-state index >= 15 is 0 Å². The minimum absolute atomic E-state index is 0.0991. The zero-order valence-electron chi connectivity index (χ0n) is 10.9. The minimum Gasteiger partial charge on any atom is -0.451 e. The van der Waals surface area contributed by atoms with Crippen molar-refractivity contribution >= 4 is 0 Å². The highest BCUT2D eigenvalue weighted by Crippen LogP contribution is 2.30. The first-order chi connectivity index (χ1) is 9.63. The lowest BCUT2D eigenvalue weighted by Gasteiger charge is -2.13. The number of para-hydroxylation sites is 1. The van der Waals surface area contributed by atoms with Crippen LogP contribution in [0.4, 0.5) is 13.2 Å². The molecule has 0 heterocycles. The Hall–Kier alpha value is -2.01. The monoisotopic (exact) mass is 281 g/mol. The van der Waals surface area contributed by atoms with E-state index in [9.17, 15) is 13.2 Å². The first kappa shape index (κ1) is 14.4. The largest absolute Gasteiger partial charge is 0.451 e. The minimum atomic E-state index is -1.13. The second-order valence-corrected chi connectivity index (χ2v) is 4.16. The Labute approximate surface area is 115 Å². The number of hydrogen-bond donors (Lipinski definition) is 1. The Morgan fingerprint density at radius 3 is 2.45 bits per heavy atom. The van der Waals surface area contributed by atoms with Crippen molar-refractivity contribution in [3.8, 4) is 11.5 Å². The van der Waals surface area contributed by atoms with Crippen LogP contribution in [0, 0.1) is 17.5 Å². The molecule has 1 N–H and O–H groups in total. The lowest BCUT2D eigenvalue weighted by molar-refractivity contribution is 0.392. The molecule has 0 fully saturated rings. The maximum Gasteiger partial charge on any atom is 0.201 e. The molecule has 106 valence electrons. The maximum absolute atomic E-state index is 13.8. The summed E-state index contributed by atoms with van der Waals surface area (Å²) in [4.78, 5) is 0. The SMILES string of the molecule is CCNCc1cccc(F)c1Oc1cccc(F)c1F. The van der Waals surface area contributed by atoms with Gasteiger partial charge in [-0.05, 0) is 24.7 Å². The molecule has 0 saturated carbocycles. The van der Waals surface area contributed by atoms with Crippen LogP contribution >= 0.6 is 0 Å². The Balaban J connectivity index is 2.34. The third kappa shape index (κ3) is 3.11. The predicted octanol–water partition coefficient (Wildman–Crippen LogP) is 4.01. The smallest absolute Gasteiger partial charge is 0.201 e. The zero-order valence-corrected chi connectivity index (χ0v) is 10.9. The molecule has 0 radical (unpaired) electrons. The van der Waals surface area contributed by atoms with Crippen molar-refractivity contribution in [2.45, 2.75) is 13.5 Å². The molecule has 2 nitrogen and oxygen atoms in total. The predicted molar refractivity (Wildman–Crippen MR) is 70.2 cm³/mol. The van der Waals surface area contributed by atoms with Gasteiger partial charge in [-0.3, -0.25) is 0 Å². The van der Waals surface area contributed by atoms with Crippen molar-refractivity contribution in [2.75, 3.05) is 6.54 Å². The molecular weight excluding hydrogens is 267 g/mol. The van der Waals surface area contributed by atoms with Crippen molar-refractivity contribution < 1.29 is 17.9 Å². The van der Waals surface area contributed by atoms with E-state index in [2.05, 4.69) is 5.32 Å². The Morgan fingerprint density at radius 1 is 1.00 bits per heavy atom. The molecule has 0 unspecified atom stereocenters. The number of rotatable bonds is 5. The number of halogens is 3. The summed E-state index contributed by atoms with van der Waals surface area (Å²) >= 11 is 0. The fraction of sp³-hybridized carbons (Fsp3) is 0.200. The van der Waals surface area contributed by atoms with Crippen molar-refractivity contribution in [1.29, 1.82) is 0 Å². The lowest BCUT2D eigenvalue weighted by atomic mass is 10.2. The van der Waals surface area contributed by atoms with Crippen molar-refractivity contribution in [3.05, 3.63) is 59.4 Å². The summed E-state index contributed by atoms with van der Waals surface area (Å²) in [5.41, 5.74) is 0.538. The maximum atomic E-state index is 13.8. The van der Waals surface area contributed by atoms with Crippen LogP contribution in [0.25, 0.3) is 0 Å². The Morgan fingerprint density at radius 2 is 1.70 bits per heavy atom. The van der Waals surface area contributed by atoms with Crippen LogP contribution in [0.15, 0.2) is 36.4 Å². The molecule has 5 heteroatoms. The summed E-state index contributed by atoms with van der Waals surface area (Å²) in [6.07, 6.45) is 0. The molecule has 0 aliphatic carbocycles. The normalized spacial score (nSPS) is 10.6. The van der Waals surface area contributed by atoms with Crippen molar-refractivity contribution in [3.63, 3.8) is 0 Å². The number of hydrogen-bond acceptors (Lipinski definition) is 2. The summed E-state index contributed by atoms with van der Waals surface area (Å²) in [7, 11) is 0. The second kappa shape index (κ2) is 6.43. The van der Waals surface area contributed by atoms with Gasteiger partial charge >= 0.3 is 0 Å². The average Bonchev–Trinajstić information content (AvgIpc) is 2.44. The van der Waals surface area contributed by atoms with Gasteiger partial charge in [0.1, 0.15) is 0 Å². The van der Waals surface area contributed by atoms with Crippen LogP contribution in [0.2, 0.25) is 0 Å². The first-order valence-electron chi connectivity index (χ1n) is 6.23. The van der Waals surface area contributed by atoms with Crippen LogP contribution in [0.1, 0.15) is 12.5 Å². The zero-order chi connectivity index (χ0) is 14.5. The van der Waals surface area contributed by atoms with Gasteiger partial charge in [0.05, 0.1) is 0 Å². The van der Waals surface area contributed by atoms with Crippen LogP contribution in [0.5, 0.6) is 11.5 Å². The van der Waals surface area contributed by atoms with Gasteiger partial charge in [0.15, 0.2) is 23.1 Å². The fourth-order valence-corrected chi connectivity index (χ4v) is 1.74. The lowest BCUT2D eigenvalue weighted by Crippen LogP contribution is -2.13. The third-order valence-electron chi connectivity index (χ3n) is 2.74. The molecule has 0 saturated heterocycles. The molecule has 0 aromatic heterocycles. The third-order valence-corrected chi connectivity index (χ3v) is 2.74. The second-order valence-electron chi connectivity index (χ2n) is 4.16. The highest BCUT2D eigenvalue weighted by molar-refractivity contribution is 5.39. The number of ether oxygens (including phenoxy) is 1. The van der Waals surface area contributed by atoms with E-state index in [1.807, 2.05) is 6.92 Å². The topological polar surface area (TPSA) is 21.3 Å². The Kier molecular flexibility index (Phi) is 4.63. The van der Waals surface area contributed by atoms with E-state index in [0.717, 1.165) is 6.07 Å². The molecule has 0 aliphatic rings. The summed E-state index contributed by atoms with van der Waals surface area (Å²) < 4.78 is 45.7. The van der Waals surface area contributed by atoms with Crippen LogP contribution in [-0.2, 0) is 6.54 Å². The van der Waals surface area contributed by atoms with Gasteiger partial charge in [-0.2, -0.15) is 4.39 Å². The number of benzene rings is 2. The van der Waals surface area contributed by atoms with E-state index in [4.69, 9.17) is 4.74 Å². The Bertz CT molecular complexity index is 602. The molecular formula is C15H14F3NO. The van der Waals surface area contributed by atoms with E-state index in [1.165, 1.54) is 24.3 Å². The standard InChI is InChI=1S/C15H14F3NO/c1-2-19-9-10-5-3-7-12(17)15(10)20-13-8-4-6-11(16)14(13)18/h3-8,19H,2,9H2,1H3. The molecule has 0 atom stereocenters.